The summed E-state index contributed by atoms with van der Waals surface area (Å²) in [6.45, 7) is 9.67. The molecule has 0 spiro atoms. The summed E-state index contributed by atoms with van der Waals surface area (Å²) in [7, 11) is 0. The first-order valence-corrected chi connectivity index (χ1v) is 11.0. The molecule has 31 heavy (non-hydrogen) atoms. The van der Waals surface area contributed by atoms with E-state index in [4.69, 9.17) is 9.72 Å². The molecule has 164 valence electrons. The summed E-state index contributed by atoms with van der Waals surface area (Å²) in [6, 6.07) is 10.4. The summed E-state index contributed by atoms with van der Waals surface area (Å²) in [5, 5.41) is 11.7. The normalized spacial score (nSPS) is 16.7. The van der Waals surface area contributed by atoms with Crippen molar-refractivity contribution in [3.05, 3.63) is 47.2 Å². The van der Waals surface area contributed by atoms with Gasteiger partial charge in [-0.15, -0.1) is 0 Å². The zero-order valence-corrected chi connectivity index (χ0v) is 18.7. The van der Waals surface area contributed by atoms with Crippen molar-refractivity contribution >= 4 is 22.8 Å². The van der Waals surface area contributed by atoms with Crippen molar-refractivity contribution in [2.24, 2.45) is 0 Å². The number of rotatable bonds is 6. The Morgan fingerprint density at radius 1 is 1.26 bits per heavy atom. The van der Waals surface area contributed by atoms with Crippen molar-refractivity contribution < 1.29 is 9.53 Å². The first-order chi connectivity index (χ1) is 14.9. The molecule has 1 amide bonds. The third-order valence-corrected chi connectivity index (χ3v) is 5.81. The fraction of sp³-hybridized carbons (Fsp3) is 0.458. The SMILES string of the molecule is Cc1cccc(C)c1OCC(=O)N1CCC[C@@H](c2ccc3c(NC(C)C)n[nH]c3n2)C1. The Labute approximate surface area is 183 Å². The Kier molecular flexibility index (Phi) is 6.11. The predicted octanol–water partition coefficient (Wildman–Crippen LogP) is 4.18. The van der Waals surface area contributed by atoms with Gasteiger partial charge in [0.05, 0.1) is 5.39 Å². The zero-order valence-electron chi connectivity index (χ0n) is 18.7. The van der Waals surface area contributed by atoms with Gasteiger partial charge in [-0.1, -0.05) is 18.2 Å². The number of aryl methyl sites for hydroxylation is 2. The summed E-state index contributed by atoms with van der Waals surface area (Å²) in [4.78, 5) is 19.6. The van der Waals surface area contributed by atoms with E-state index >= 15 is 0 Å². The lowest BCUT2D eigenvalue weighted by Gasteiger charge is -2.32. The zero-order chi connectivity index (χ0) is 22.0. The van der Waals surface area contributed by atoms with Crippen LogP contribution in [0.3, 0.4) is 0 Å². The van der Waals surface area contributed by atoms with E-state index in [0.29, 0.717) is 12.6 Å². The molecule has 7 heteroatoms. The van der Waals surface area contributed by atoms with Crippen LogP contribution in [0.4, 0.5) is 5.82 Å². The number of nitrogens with one attached hydrogen (secondary N) is 2. The van der Waals surface area contributed by atoms with E-state index in [9.17, 15) is 4.79 Å². The highest BCUT2D eigenvalue weighted by Crippen LogP contribution is 2.29. The second-order valence-electron chi connectivity index (χ2n) is 8.69. The first-order valence-electron chi connectivity index (χ1n) is 11.0. The first kappa shape index (κ1) is 21.2. The van der Waals surface area contributed by atoms with Crippen LogP contribution in [-0.4, -0.2) is 51.7 Å². The van der Waals surface area contributed by atoms with Crippen molar-refractivity contribution in [2.75, 3.05) is 25.0 Å². The Morgan fingerprint density at radius 3 is 2.77 bits per heavy atom. The van der Waals surface area contributed by atoms with Gasteiger partial charge in [0.25, 0.3) is 5.91 Å². The molecular weight excluding hydrogens is 390 g/mol. The highest BCUT2D eigenvalue weighted by molar-refractivity contribution is 5.87. The number of nitrogens with zero attached hydrogens (tertiary/aromatic N) is 3. The molecule has 1 atom stereocenters. The number of H-pyrrole nitrogens is 1. The lowest BCUT2D eigenvalue weighted by Crippen LogP contribution is -2.41. The maximum absolute atomic E-state index is 12.8. The molecule has 0 aliphatic carbocycles. The highest BCUT2D eigenvalue weighted by atomic mass is 16.5. The van der Waals surface area contributed by atoms with E-state index in [1.54, 1.807) is 0 Å². The molecule has 0 radical (unpaired) electrons. The van der Waals surface area contributed by atoms with Crippen LogP contribution in [0.2, 0.25) is 0 Å². The minimum absolute atomic E-state index is 0.0263. The average Bonchev–Trinajstić information content (AvgIpc) is 3.14. The number of carbonyl (C=O) groups is 1. The number of hydrogen-bond donors (Lipinski definition) is 2. The van der Waals surface area contributed by atoms with Gasteiger partial charge < -0.3 is 15.0 Å². The minimum atomic E-state index is 0.0263. The summed E-state index contributed by atoms with van der Waals surface area (Å²) < 4.78 is 5.89. The summed E-state index contributed by atoms with van der Waals surface area (Å²) in [6.07, 6.45) is 1.98. The Bertz CT molecular complexity index is 1050. The average molecular weight is 422 g/mol. The monoisotopic (exact) mass is 421 g/mol. The molecule has 0 saturated carbocycles. The molecule has 0 unspecified atom stereocenters. The number of likely N-dealkylation sites (tertiary alicyclic amines) is 1. The number of aromatic nitrogens is 3. The number of benzene rings is 1. The highest BCUT2D eigenvalue weighted by Gasteiger charge is 2.26. The molecule has 2 aromatic heterocycles. The van der Waals surface area contributed by atoms with Gasteiger partial charge in [-0.05, 0) is 63.8 Å². The van der Waals surface area contributed by atoms with Crippen LogP contribution in [0, 0.1) is 13.8 Å². The predicted molar refractivity (Wildman–Crippen MR) is 123 cm³/mol. The molecule has 3 heterocycles. The molecule has 0 bridgehead atoms. The van der Waals surface area contributed by atoms with Crippen LogP contribution >= 0.6 is 0 Å². The molecular formula is C24H31N5O2. The third-order valence-electron chi connectivity index (χ3n) is 5.81. The quantitative estimate of drug-likeness (QED) is 0.624. The summed E-state index contributed by atoms with van der Waals surface area (Å²) in [5.41, 5.74) is 3.88. The molecule has 1 aliphatic rings. The van der Waals surface area contributed by atoms with Gasteiger partial charge in [0.1, 0.15) is 5.75 Å². The molecule has 3 aromatic rings. The van der Waals surface area contributed by atoms with Crippen LogP contribution in [0.1, 0.15) is 49.4 Å². The lowest BCUT2D eigenvalue weighted by molar-refractivity contribution is -0.134. The molecule has 4 rings (SSSR count). The Balaban J connectivity index is 1.42. The van der Waals surface area contributed by atoms with Crippen LogP contribution in [-0.2, 0) is 4.79 Å². The molecule has 1 aliphatic heterocycles. The van der Waals surface area contributed by atoms with Crippen molar-refractivity contribution in [3.8, 4) is 5.75 Å². The largest absolute Gasteiger partial charge is 0.483 e. The maximum atomic E-state index is 12.8. The maximum Gasteiger partial charge on any atom is 0.260 e. The van der Waals surface area contributed by atoms with Crippen molar-refractivity contribution in [1.82, 2.24) is 20.1 Å². The summed E-state index contributed by atoms with van der Waals surface area (Å²) in [5.74, 6) is 1.88. The minimum Gasteiger partial charge on any atom is -0.483 e. The number of fused-ring (bicyclic) bond motifs is 1. The van der Waals surface area contributed by atoms with E-state index in [1.807, 2.05) is 36.9 Å². The molecule has 7 nitrogen and oxygen atoms in total. The number of pyridine rings is 1. The van der Waals surface area contributed by atoms with E-state index in [1.165, 1.54) is 0 Å². The molecule has 1 aromatic carbocycles. The smallest absolute Gasteiger partial charge is 0.260 e. The van der Waals surface area contributed by atoms with Gasteiger partial charge >= 0.3 is 0 Å². The third kappa shape index (κ3) is 4.65. The second-order valence-corrected chi connectivity index (χ2v) is 8.69. The summed E-state index contributed by atoms with van der Waals surface area (Å²) >= 11 is 0. The van der Waals surface area contributed by atoms with E-state index in [0.717, 1.165) is 58.8 Å². The van der Waals surface area contributed by atoms with Gasteiger partial charge in [-0.3, -0.25) is 9.89 Å². The number of carbonyl (C=O) groups excluding carboxylic acids is 1. The van der Waals surface area contributed by atoms with E-state index in [2.05, 4.69) is 41.5 Å². The van der Waals surface area contributed by atoms with E-state index < -0.39 is 0 Å². The molecule has 1 saturated heterocycles. The number of anilines is 1. The van der Waals surface area contributed by atoms with Crippen molar-refractivity contribution in [1.29, 1.82) is 0 Å². The standard InChI is InChI=1S/C24H31N5O2/c1-15(2)25-23-19-10-11-20(26-24(19)28-27-23)18-9-6-12-29(13-18)21(30)14-31-22-16(3)7-5-8-17(22)4/h5,7-8,10-11,15,18H,6,9,12-14H2,1-4H3,(H2,25,26,27,28)/t18-/m1/s1. The molecule has 1 fully saturated rings. The Morgan fingerprint density at radius 2 is 2.03 bits per heavy atom. The Hall–Kier alpha value is -3.09. The number of piperidine rings is 1. The van der Waals surface area contributed by atoms with Crippen LogP contribution < -0.4 is 10.1 Å². The number of para-hydroxylation sites is 1. The van der Waals surface area contributed by atoms with Gasteiger partial charge in [0, 0.05) is 30.7 Å². The lowest BCUT2D eigenvalue weighted by atomic mass is 9.94. The second kappa shape index (κ2) is 8.96. The van der Waals surface area contributed by atoms with Crippen LogP contribution in [0.25, 0.3) is 11.0 Å². The number of amides is 1. The number of ether oxygens (including phenoxy) is 1. The van der Waals surface area contributed by atoms with Crippen molar-refractivity contribution in [2.45, 2.75) is 52.5 Å². The number of aromatic amines is 1. The van der Waals surface area contributed by atoms with Gasteiger partial charge in [-0.25, -0.2) is 4.98 Å². The van der Waals surface area contributed by atoms with Crippen LogP contribution in [0.5, 0.6) is 5.75 Å². The van der Waals surface area contributed by atoms with Gasteiger partial charge in [0.2, 0.25) is 0 Å². The topological polar surface area (TPSA) is 83.1 Å². The van der Waals surface area contributed by atoms with Crippen LogP contribution in [0.15, 0.2) is 30.3 Å². The van der Waals surface area contributed by atoms with Gasteiger partial charge in [-0.2, -0.15) is 5.10 Å². The number of hydrogen-bond acceptors (Lipinski definition) is 5. The van der Waals surface area contributed by atoms with E-state index in [-0.39, 0.29) is 18.4 Å². The molecule has 2 N–H and O–H groups in total. The van der Waals surface area contributed by atoms with Crippen molar-refractivity contribution in [3.63, 3.8) is 0 Å². The van der Waals surface area contributed by atoms with Gasteiger partial charge in [0.15, 0.2) is 18.1 Å². The fourth-order valence-corrected chi connectivity index (χ4v) is 4.23. The fourth-order valence-electron chi connectivity index (χ4n) is 4.23.